The van der Waals surface area contributed by atoms with E-state index in [0.717, 1.165) is 6.26 Å². The number of hydrogen-bond donors (Lipinski definition) is 0. The zero-order valence-electron chi connectivity index (χ0n) is 9.84. The molecule has 0 spiro atoms. The second-order valence-corrected chi connectivity index (χ2v) is 3.66. The molecule has 98 valence electrons. The van der Waals surface area contributed by atoms with Crippen LogP contribution in [0.5, 0.6) is 5.75 Å². The Kier molecular flexibility index (Phi) is 3.24. The lowest BCUT2D eigenvalue weighted by atomic mass is 10.1. The average Bonchev–Trinajstić information content (AvgIpc) is 2.83. The average molecular weight is 260 g/mol. The van der Waals surface area contributed by atoms with Crippen molar-refractivity contribution in [1.82, 2.24) is 0 Å². The van der Waals surface area contributed by atoms with E-state index in [2.05, 4.69) is 0 Å². The van der Waals surface area contributed by atoms with Gasteiger partial charge in [-0.05, 0) is 24.3 Å². The third-order valence-electron chi connectivity index (χ3n) is 2.57. The van der Waals surface area contributed by atoms with E-state index in [1.54, 1.807) is 24.3 Å². The molecule has 1 aromatic heterocycles. The van der Waals surface area contributed by atoms with Gasteiger partial charge in [0, 0.05) is 11.1 Å². The number of carbonyl (C=O) groups excluding carboxylic acids is 2. The number of hydrogen-bond acceptors (Lipinski definition) is 6. The van der Waals surface area contributed by atoms with E-state index in [1.807, 2.05) is 0 Å². The maximum Gasteiger partial charge on any atom is 0.143 e. The Morgan fingerprint density at radius 3 is 2.21 bits per heavy atom. The molecule has 6 heteroatoms. The molecule has 0 atom stereocenters. The van der Waals surface area contributed by atoms with Gasteiger partial charge in [-0.1, -0.05) is 0 Å². The lowest BCUT2D eigenvalue weighted by molar-refractivity contribution is -0.259. The van der Waals surface area contributed by atoms with Crippen LogP contribution in [0.15, 0.2) is 34.9 Å². The molecule has 0 fully saturated rings. The van der Waals surface area contributed by atoms with Crippen LogP contribution in [0.1, 0.15) is 20.7 Å². The Hall–Kier alpha value is -2.76. The molecule has 2 aromatic rings. The minimum atomic E-state index is -1.64. The predicted octanol–water partition coefficient (Wildman–Crippen LogP) is -0.318. The van der Waals surface area contributed by atoms with Gasteiger partial charge < -0.3 is 29.0 Å². The summed E-state index contributed by atoms with van der Waals surface area (Å²) in [5.74, 6) is -2.80. The Labute approximate surface area is 107 Å². The van der Waals surface area contributed by atoms with Gasteiger partial charge in [-0.3, -0.25) is 0 Å². The molecule has 0 radical (unpaired) electrons. The van der Waals surface area contributed by atoms with Crippen LogP contribution in [0.4, 0.5) is 0 Å². The van der Waals surface area contributed by atoms with Gasteiger partial charge in [0.25, 0.3) is 0 Å². The summed E-state index contributed by atoms with van der Waals surface area (Å²) in [4.78, 5) is 21.8. The first-order valence-electron chi connectivity index (χ1n) is 5.23. The highest BCUT2D eigenvalue weighted by Crippen LogP contribution is 2.29. The molecule has 0 aliphatic rings. The second kappa shape index (κ2) is 4.85. The van der Waals surface area contributed by atoms with Crippen molar-refractivity contribution < 1.29 is 29.0 Å². The lowest BCUT2D eigenvalue weighted by Crippen LogP contribution is -2.29. The third-order valence-corrected chi connectivity index (χ3v) is 2.57. The zero-order chi connectivity index (χ0) is 14.0. The van der Waals surface area contributed by atoms with Gasteiger partial charge in [0.15, 0.2) is 0 Å². The van der Waals surface area contributed by atoms with Gasteiger partial charge in [-0.25, -0.2) is 0 Å². The molecule has 0 N–H and O–H groups in total. The number of carboxylic acid groups (broad SMARTS) is 2. The van der Waals surface area contributed by atoms with E-state index < -0.39 is 23.1 Å². The highest BCUT2D eigenvalue weighted by Gasteiger charge is 2.17. The van der Waals surface area contributed by atoms with Gasteiger partial charge in [0.05, 0.1) is 24.6 Å². The highest BCUT2D eigenvalue weighted by atomic mass is 16.5. The van der Waals surface area contributed by atoms with Crippen LogP contribution >= 0.6 is 0 Å². The van der Waals surface area contributed by atoms with E-state index in [0.29, 0.717) is 11.3 Å². The maximum absolute atomic E-state index is 11.0. The van der Waals surface area contributed by atoms with E-state index in [1.165, 1.54) is 7.11 Å². The van der Waals surface area contributed by atoms with Gasteiger partial charge in [0.1, 0.15) is 17.8 Å². The Bertz CT molecular complexity index is 623. The summed E-state index contributed by atoms with van der Waals surface area (Å²) in [6.07, 6.45) is 0.819. The molecule has 0 aliphatic heterocycles. The fourth-order valence-corrected chi connectivity index (χ4v) is 1.67. The Balaban J connectivity index is 2.55. The van der Waals surface area contributed by atoms with Crippen molar-refractivity contribution in [3.63, 3.8) is 0 Å². The summed E-state index contributed by atoms with van der Waals surface area (Å²) in [5, 5.41) is 21.8. The minimum absolute atomic E-state index is 0.0955. The first-order chi connectivity index (χ1) is 9.04. The molecule has 6 nitrogen and oxygen atoms in total. The fraction of sp³-hybridized carbons (Fsp3) is 0.0769. The van der Waals surface area contributed by atoms with Crippen LogP contribution in [0.3, 0.4) is 0 Å². The topological polar surface area (TPSA) is 103 Å². The fourth-order valence-electron chi connectivity index (χ4n) is 1.67. The monoisotopic (exact) mass is 260 g/mol. The maximum atomic E-state index is 11.0. The molecule has 1 heterocycles. The van der Waals surface area contributed by atoms with E-state index in [4.69, 9.17) is 9.15 Å². The Morgan fingerprint density at radius 1 is 1.11 bits per heavy atom. The van der Waals surface area contributed by atoms with Crippen molar-refractivity contribution in [3.05, 3.63) is 41.7 Å². The quantitative estimate of drug-likeness (QED) is 0.746. The molecule has 1 aromatic carbocycles. The summed E-state index contributed by atoms with van der Waals surface area (Å²) >= 11 is 0. The van der Waals surface area contributed by atoms with Crippen LogP contribution in [0, 0.1) is 0 Å². The zero-order valence-corrected chi connectivity index (χ0v) is 9.84. The van der Waals surface area contributed by atoms with Crippen LogP contribution in [0.2, 0.25) is 0 Å². The number of furan rings is 1. The number of carbonyl (C=O) groups is 2. The number of methoxy groups -OCH3 is 1. The highest BCUT2D eigenvalue weighted by molar-refractivity contribution is 6.04. The summed E-state index contributed by atoms with van der Waals surface area (Å²) in [6, 6.07) is 6.28. The van der Waals surface area contributed by atoms with Crippen molar-refractivity contribution >= 4 is 11.9 Å². The molecule has 0 unspecified atom stereocenters. The van der Waals surface area contributed by atoms with Crippen LogP contribution in [-0.2, 0) is 0 Å². The minimum Gasteiger partial charge on any atom is -0.545 e. The first kappa shape index (κ1) is 12.7. The van der Waals surface area contributed by atoms with E-state index in [9.17, 15) is 19.8 Å². The predicted molar refractivity (Wildman–Crippen MR) is 59.4 cm³/mol. The summed E-state index contributed by atoms with van der Waals surface area (Å²) in [6.45, 7) is 0. The van der Waals surface area contributed by atoms with Crippen LogP contribution in [-0.4, -0.2) is 19.0 Å². The number of benzene rings is 1. The number of carboxylic acids is 2. The van der Waals surface area contributed by atoms with E-state index in [-0.39, 0.29) is 5.76 Å². The van der Waals surface area contributed by atoms with Crippen molar-refractivity contribution in [2.75, 3.05) is 7.11 Å². The second-order valence-electron chi connectivity index (χ2n) is 3.66. The summed E-state index contributed by atoms with van der Waals surface area (Å²) in [7, 11) is 1.49. The standard InChI is InChI=1S/C13H10O6/c1-18-8-4-2-7(3-5-8)11-10(13(16)17)9(6-19-11)12(14)15/h2-6H,1H3,(H,14,15)(H,16,17)/p-2. The van der Waals surface area contributed by atoms with E-state index >= 15 is 0 Å². The Morgan fingerprint density at radius 2 is 1.74 bits per heavy atom. The van der Waals surface area contributed by atoms with Gasteiger partial charge in [0.2, 0.25) is 0 Å². The molecule has 0 saturated carbocycles. The molecular formula is C13H8O6-2. The van der Waals surface area contributed by atoms with Gasteiger partial charge >= 0.3 is 0 Å². The lowest BCUT2D eigenvalue weighted by Gasteiger charge is -2.07. The molecule has 0 saturated heterocycles. The summed E-state index contributed by atoms with van der Waals surface area (Å²) in [5.41, 5.74) is -0.691. The smallest absolute Gasteiger partial charge is 0.143 e. The van der Waals surface area contributed by atoms with Crippen LogP contribution in [0.25, 0.3) is 11.3 Å². The SMILES string of the molecule is COc1ccc(-c2occ(C(=O)[O-])c2C(=O)[O-])cc1. The molecule has 19 heavy (non-hydrogen) atoms. The number of aromatic carboxylic acids is 2. The molecule has 2 rings (SSSR count). The molecule has 0 amide bonds. The number of rotatable bonds is 4. The molecular weight excluding hydrogens is 252 g/mol. The molecule has 0 bridgehead atoms. The number of ether oxygens (including phenoxy) is 1. The van der Waals surface area contributed by atoms with Crippen molar-refractivity contribution in [1.29, 1.82) is 0 Å². The van der Waals surface area contributed by atoms with Crippen molar-refractivity contribution in [3.8, 4) is 17.1 Å². The van der Waals surface area contributed by atoms with Gasteiger partial charge in [-0.2, -0.15) is 0 Å². The normalized spacial score (nSPS) is 10.2. The largest absolute Gasteiger partial charge is 0.545 e. The van der Waals surface area contributed by atoms with Crippen LogP contribution < -0.4 is 14.9 Å². The first-order valence-corrected chi connectivity index (χ1v) is 5.23. The van der Waals surface area contributed by atoms with Gasteiger partial charge in [-0.15, -0.1) is 0 Å². The summed E-state index contributed by atoms with van der Waals surface area (Å²) < 4.78 is 9.96. The third kappa shape index (κ3) is 2.28. The molecule has 0 aliphatic carbocycles. The van der Waals surface area contributed by atoms with Crippen molar-refractivity contribution in [2.45, 2.75) is 0 Å². The van der Waals surface area contributed by atoms with Crippen molar-refractivity contribution in [2.24, 2.45) is 0 Å².